The summed E-state index contributed by atoms with van der Waals surface area (Å²) >= 11 is 0. The number of carbonyl (C=O) groups is 1. The van der Waals surface area contributed by atoms with Gasteiger partial charge in [-0.3, -0.25) is 14.4 Å². The average molecular weight is 476 g/mol. The van der Waals surface area contributed by atoms with Gasteiger partial charge in [-0.15, -0.1) is 0 Å². The second-order valence-corrected chi connectivity index (χ2v) is 9.90. The summed E-state index contributed by atoms with van der Waals surface area (Å²) in [6.07, 6.45) is 1.27. The third kappa shape index (κ3) is 7.45. The van der Waals surface area contributed by atoms with Gasteiger partial charge < -0.3 is 14.8 Å². The van der Waals surface area contributed by atoms with Gasteiger partial charge in [-0.2, -0.15) is 0 Å². The summed E-state index contributed by atoms with van der Waals surface area (Å²) in [7, 11) is -3.78. The van der Waals surface area contributed by atoms with Crippen LogP contribution < -0.4 is 14.8 Å². The third-order valence-corrected chi connectivity index (χ3v) is 6.65. The maximum absolute atomic E-state index is 12.7. The van der Waals surface area contributed by atoms with E-state index >= 15 is 0 Å². The van der Waals surface area contributed by atoms with Crippen LogP contribution in [0.3, 0.4) is 0 Å². The summed E-state index contributed by atoms with van der Waals surface area (Å²) in [5.74, 6) is 0.369. The lowest BCUT2D eigenvalue weighted by molar-refractivity contribution is -0.0680. The van der Waals surface area contributed by atoms with Crippen LogP contribution in [0.2, 0.25) is 0 Å². The van der Waals surface area contributed by atoms with Crippen molar-refractivity contribution in [1.82, 2.24) is 10.2 Å². The van der Waals surface area contributed by atoms with Crippen LogP contribution in [0.25, 0.3) is 0 Å². The van der Waals surface area contributed by atoms with E-state index in [0.717, 1.165) is 26.1 Å². The number of benzene rings is 2. The van der Waals surface area contributed by atoms with Crippen LogP contribution in [0.5, 0.6) is 5.75 Å². The Morgan fingerprint density at radius 1 is 1.12 bits per heavy atom. The SMILES string of the molecule is CCOc1ccc(S(=O)(=O)Nc2cccc(C(=O)NCCCN3C[C@@H](C)O[C@H](C)C3)c2)cc1. The predicted molar refractivity (Wildman–Crippen MR) is 128 cm³/mol. The highest BCUT2D eigenvalue weighted by Crippen LogP contribution is 2.20. The molecule has 1 saturated heterocycles. The molecule has 1 aliphatic heterocycles. The van der Waals surface area contributed by atoms with Gasteiger partial charge in [-0.25, -0.2) is 8.42 Å². The fraction of sp³-hybridized carbons (Fsp3) is 0.458. The molecule has 2 N–H and O–H groups in total. The molecule has 3 rings (SSSR count). The van der Waals surface area contributed by atoms with Crippen molar-refractivity contribution in [2.45, 2.75) is 44.3 Å². The van der Waals surface area contributed by atoms with E-state index in [1.54, 1.807) is 30.3 Å². The largest absolute Gasteiger partial charge is 0.494 e. The van der Waals surface area contributed by atoms with Crippen molar-refractivity contribution in [3.8, 4) is 5.75 Å². The molecular weight excluding hydrogens is 442 g/mol. The van der Waals surface area contributed by atoms with E-state index in [-0.39, 0.29) is 23.0 Å². The van der Waals surface area contributed by atoms with Crippen LogP contribution in [-0.2, 0) is 14.8 Å². The van der Waals surface area contributed by atoms with Crippen molar-refractivity contribution < 1.29 is 22.7 Å². The molecule has 9 heteroatoms. The lowest BCUT2D eigenvalue weighted by atomic mass is 10.2. The normalized spacial score (nSPS) is 19.1. The molecule has 0 radical (unpaired) electrons. The minimum Gasteiger partial charge on any atom is -0.494 e. The van der Waals surface area contributed by atoms with E-state index in [2.05, 4.69) is 28.8 Å². The molecule has 0 saturated carbocycles. The molecule has 1 heterocycles. The highest BCUT2D eigenvalue weighted by Gasteiger charge is 2.21. The van der Waals surface area contributed by atoms with Gasteiger partial charge in [0.1, 0.15) is 5.75 Å². The van der Waals surface area contributed by atoms with E-state index in [0.29, 0.717) is 30.2 Å². The molecule has 33 heavy (non-hydrogen) atoms. The van der Waals surface area contributed by atoms with Crippen molar-refractivity contribution in [2.75, 3.05) is 37.5 Å². The first kappa shape index (κ1) is 25.0. The smallest absolute Gasteiger partial charge is 0.261 e. The molecule has 1 fully saturated rings. The number of nitrogens with one attached hydrogen (secondary N) is 2. The Labute approximate surface area is 196 Å². The monoisotopic (exact) mass is 475 g/mol. The molecule has 2 atom stereocenters. The predicted octanol–water partition coefficient (Wildman–Crippen LogP) is 3.12. The molecule has 180 valence electrons. The first-order chi connectivity index (χ1) is 15.8. The number of amides is 1. The highest BCUT2D eigenvalue weighted by molar-refractivity contribution is 7.92. The Balaban J connectivity index is 1.52. The average Bonchev–Trinajstić information content (AvgIpc) is 2.76. The zero-order chi connectivity index (χ0) is 23.8. The number of morpholine rings is 1. The summed E-state index contributed by atoms with van der Waals surface area (Å²) in [5, 5.41) is 2.91. The van der Waals surface area contributed by atoms with Gasteiger partial charge in [-0.05, 0) is 69.7 Å². The zero-order valence-corrected chi connectivity index (χ0v) is 20.2. The fourth-order valence-electron chi connectivity index (χ4n) is 3.89. The van der Waals surface area contributed by atoms with Gasteiger partial charge in [0.2, 0.25) is 0 Å². The van der Waals surface area contributed by atoms with E-state index in [4.69, 9.17) is 9.47 Å². The van der Waals surface area contributed by atoms with E-state index in [1.807, 2.05) is 6.92 Å². The lowest BCUT2D eigenvalue weighted by Crippen LogP contribution is -2.46. The minimum atomic E-state index is -3.78. The number of hydrogen-bond acceptors (Lipinski definition) is 6. The Hall–Kier alpha value is -2.62. The molecule has 0 aliphatic carbocycles. The van der Waals surface area contributed by atoms with Crippen LogP contribution in [-0.4, -0.2) is 64.2 Å². The van der Waals surface area contributed by atoms with Crippen molar-refractivity contribution >= 4 is 21.6 Å². The Morgan fingerprint density at radius 3 is 2.48 bits per heavy atom. The number of carbonyl (C=O) groups excluding carboxylic acids is 1. The molecule has 1 aliphatic rings. The van der Waals surface area contributed by atoms with Gasteiger partial charge in [-0.1, -0.05) is 6.07 Å². The van der Waals surface area contributed by atoms with Gasteiger partial charge in [0.05, 0.1) is 23.7 Å². The topological polar surface area (TPSA) is 97.0 Å². The Kier molecular flexibility index (Phi) is 8.71. The quantitative estimate of drug-likeness (QED) is 0.513. The molecular formula is C24H33N3O5S. The molecule has 0 aromatic heterocycles. The molecule has 1 amide bonds. The van der Waals surface area contributed by atoms with Gasteiger partial charge in [0.15, 0.2) is 0 Å². The molecule has 0 spiro atoms. The van der Waals surface area contributed by atoms with Crippen LogP contribution >= 0.6 is 0 Å². The highest BCUT2D eigenvalue weighted by atomic mass is 32.2. The van der Waals surface area contributed by atoms with E-state index < -0.39 is 10.0 Å². The minimum absolute atomic E-state index is 0.118. The van der Waals surface area contributed by atoms with Crippen molar-refractivity contribution in [3.63, 3.8) is 0 Å². The number of anilines is 1. The van der Waals surface area contributed by atoms with Crippen molar-refractivity contribution in [2.24, 2.45) is 0 Å². The Bertz CT molecular complexity index is 1020. The molecule has 2 aromatic rings. The molecule has 0 bridgehead atoms. The number of sulfonamides is 1. The maximum atomic E-state index is 12.7. The van der Waals surface area contributed by atoms with Crippen LogP contribution in [0, 0.1) is 0 Å². The summed E-state index contributed by atoms with van der Waals surface area (Å²) in [5.41, 5.74) is 0.725. The van der Waals surface area contributed by atoms with E-state index in [9.17, 15) is 13.2 Å². The standard InChI is InChI=1S/C24H33N3O5S/c1-4-31-22-9-11-23(12-10-22)33(29,30)26-21-8-5-7-20(15-21)24(28)25-13-6-14-27-16-18(2)32-19(3)17-27/h5,7-12,15,18-19,26H,4,6,13-14,16-17H2,1-3H3,(H,25,28)/t18-,19-/m1/s1. The Morgan fingerprint density at radius 2 is 1.82 bits per heavy atom. The molecule has 8 nitrogen and oxygen atoms in total. The van der Waals surface area contributed by atoms with Gasteiger partial charge >= 0.3 is 0 Å². The number of ether oxygens (including phenoxy) is 2. The molecule has 0 unspecified atom stereocenters. The summed E-state index contributed by atoms with van der Waals surface area (Å²) in [4.78, 5) is 15.0. The van der Waals surface area contributed by atoms with Crippen LogP contribution in [0.1, 0.15) is 37.6 Å². The first-order valence-corrected chi connectivity index (χ1v) is 12.8. The van der Waals surface area contributed by atoms with Crippen LogP contribution in [0.4, 0.5) is 5.69 Å². The van der Waals surface area contributed by atoms with Crippen molar-refractivity contribution in [1.29, 1.82) is 0 Å². The fourth-order valence-corrected chi connectivity index (χ4v) is 4.94. The van der Waals surface area contributed by atoms with Crippen molar-refractivity contribution in [3.05, 3.63) is 54.1 Å². The lowest BCUT2D eigenvalue weighted by Gasteiger charge is -2.35. The second kappa shape index (κ2) is 11.5. The summed E-state index contributed by atoms with van der Waals surface area (Å²) in [6, 6.07) is 12.7. The summed E-state index contributed by atoms with van der Waals surface area (Å²) < 4.78 is 39.0. The number of nitrogens with zero attached hydrogens (tertiary/aromatic N) is 1. The second-order valence-electron chi connectivity index (χ2n) is 8.22. The number of hydrogen-bond donors (Lipinski definition) is 2. The van der Waals surface area contributed by atoms with Crippen LogP contribution in [0.15, 0.2) is 53.4 Å². The van der Waals surface area contributed by atoms with Gasteiger partial charge in [0.25, 0.3) is 15.9 Å². The first-order valence-electron chi connectivity index (χ1n) is 11.3. The van der Waals surface area contributed by atoms with E-state index in [1.165, 1.54) is 18.2 Å². The maximum Gasteiger partial charge on any atom is 0.261 e. The van der Waals surface area contributed by atoms with Gasteiger partial charge in [0, 0.05) is 37.4 Å². The third-order valence-electron chi connectivity index (χ3n) is 5.25. The molecule has 2 aromatic carbocycles. The zero-order valence-electron chi connectivity index (χ0n) is 19.4. The summed E-state index contributed by atoms with van der Waals surface area (Å²) in [6.45, 7) is 9.74. The number of rotatable bonds is 10.